The summed E-state index contributed by atoms with van der Waals surface area (Å²) in [6, 6.07) is 13.5. The molecule has 132 valence electrons. The third-order valence-corrected chi connectivity index (χ3v) is 4.81. The molecule has 26 heavy (non-hydrogen) atoms. The number of rotatable bonds is 3. The highest BCUT2D eigenvalue weighted by Gasteiger charge is 2.34. The second-order valence-corrected chi connectivity index (χ2v) is 6.29. The highest BCUT2D eigenvalue weighted by Crippen LogP contribution is 2.36. The number of methoxy groups -OCH3 is 1. The number of nitro groups is 1. The molecule has 1 aromatic heterocycles. The van der Waals surface area contributed by atoms with E-state index in [0.29, 0.717) is 6.42 Å². The number of aromatic nitrogens is 1. The summed E-state index contributed by atoms with van der Waals surface area (Å²) in [7, 11) is 1.36. The van der Waals surface area contributed by atoms with Crippen LogP contribution in [0.25, 0.3) is 10.9 Å². The fraction of sp³-hybridized carbons (Fsp3) is 0.211. The Morgan fingerprint density at radius 1 is 1.23 bits per heavy atom. The predicted octanol–water partition coefficient (Wildman–Crippen LogP) is 2.85. The Kier molecular flexibility index (Phi) is 3.93. The summed E-state index contributed by atoms with van der Waals surface area (Å²) in [5, 5.41) is 15.5. The number of ether oxygens (including phenoxy) is 1. The van der Waals surface area contributed by atoms with Crippen LogP contribution in [0.1, 0.15) is 22.9 Å². The largest absolute Gasteiger partial charge is 0.468 e. The Labute approximate surface area is 149 Å². The van der Waals surface area contributed by atoms with Crippen molar-refractivity contribution >= 4 is 22.6 Å². The van der Waals surface area contributed by atoms with E-state index in [0.717, 1.165) is 27.7 Å². The van der Waals surface area contributed by atoms with E-state index in [1.807, 2.05) is 30.3 Å². The molecule has 0 radical (unpaired) electrons. The Bertz CT molecular complexity index is 1010. The summed E-state index contributed by atoms with van der Waals surface area (Å²) in [4.78, 5) is 26.3. The number of nitro benzene ring substituents is 1. The minimum atomic E-state index is -0.518. The first-order chi connectivity index (χ1) is 12.6. The molecule has 0 spiro atoms. The average Bonchev–Trinajstić information content (AvgIpc) is 3.05. The number of non-ortho nitro benzene ring substituents is 1. The molecule has 2 heterocycles. The van der Waals surface area contributed by atoms with Gasteiger partial charge in [-0.05, 0) is 17.2 Å². The van der Waals surface area contributed by atoms with E-state index in [2.05, 4.69) is 10.3 Å². The zero-order chi connectivity index (χ0) is 18.3. The zero-order valence-electron chi connectivity index (χ0n) is 14.1. The number of hydrogen-bond acceptors (Lipinski definition) is 5. The van der Waals surface area contributed by atoms with Crippen molar-refractivity contribution in [3.05, 3.63) is 75.5 Å². The quantitative estimate of drug-likeness (QED) is 0.430. The third kappa shape index (κ3) is 2.62. The molecule has 2 N–H and O–H groups in total. The van der Waals surface area contributed by atoms with E-state index >= 15 is 0 Å². The molecule has 7 heteroatoms. The lowest BCUT2D eigenvalue weighted by molar-refractivity contribution is -0.384. The van der Waals surface area contributed by atoms with Gasteiger partial charge >= 0.3 is 5.97 Å². The highest BCUT2D eigenvalue weighted by molar-refractivity contribution is 5.87. The number of nitrogens with zero attached hydrogens (tertiary/aromatic N) is 1. The summed E-state index contributed by atoms with van der Waals surface area (Å²) in [6.07, 6.45) is 0.497. The summed E-state index contributed by atoms with van der Waals surface area (Å²) < 4.78 is 4.92. The van der Waals surface area contributed by atoms with Crippen LogP contribution >= 0.6 is 0 Å². The van der Waals surface area contributed by atoms with E-state index in [1.54, 1.807) is 6.07 Å². The van der Waals surface area contributed by atoms with E-state index < -0.39 is 11.0 Å². The van der Waals surface area contributed by atoms with Gasteiger partial charge in [0.25, 0.3) is 5.69 Å². The maximum atomic E-state index is 12.2. The summed E-state index contributed by atoms with van der Waals surface area (Å²) in [5.74, 6) is -0.351. The second-order valence-electron chi connectivity index (χ2n) is 6.29. The average molecular weight is 351 g/mol. The lowest BCUT2D eigenvalue weighted by Crippen LogP contribution is -2.45. The van der Waals surface area contributed by atoms with Gasteiger partial charge in [0.05, 0.1) is 18.1 Å². The molecule has 2 atom stereocenters. The van der Waals surface area contributed by atoms with Crippen molar-refractivity contribution in [1.29, 1.82) is 0 Å². The second kappa shape index (κ2) is 6.27. The molecule has 0 bridgehead atoms. The van der Waals surface area contributed by atoms with Crippen molar-refractivity contribution < 1.29 is 14.5 Å². The highest BCUT2D eigenvalue weighted by atomic mass is 16.6. The van der Waals surface area contributed by atoms with E-state index in [1.165, 1.54) is 19.2 Å². The number of benzene rings is 2. The molecule has 0 fully saturated rings. The standard InChI is InChI=1S/C19H17N3O4/c1-26-19(23)16-10-14-13-7-2-3-8-15(13)20-18(14)17(21-16)11-5-4-6-12(9-11)22(24)25/h2-9,16-17,20-21H,10H2,1H3/t16-,17-/m0/s1. The number of carbonyl (C=O) groups excluding carboxylic acids is 1. The van der Waals surface area contributed by atoms with Gasteiger partial charge in [0.1, 0.15) is 6.04 Å². The fourth-order valence-electron chi connectivity index (χ4n) is 3.61. The lowest BCUT2D eigenvalue weighted by Gasteiger charge is -2.30. The van der Waals surface area contributed by atoms with Gasteiger partial charge in [-0.3, -0.25) is 20.2 Å². The number of esters is 1. The molecular weight excluding hydrogens is 334 g/mol. The molecule has 0 amide bonds. The Balaban J connectivity index is 1.87. The predicted molar refractivity (Wildman–Crippen MR) is 95.9 cm³/mol. The van der Waals surface area contributed by atoms with Crippen LogP contribution in [0.5, 0.6) is 0 Å². The molecule has 0 saturated carbocycles. The molecule has 1 aliphatic heterocycles. The minimum absolute atomic E-state index is 0.0159. The number of H-pyrrole nitrogens is 1. The van der Waals surface area contributed by atoms with Crippen LogP contribution < -0.4 is 5.32 Å². The van der Waals surface area contributed by atoms with Crippen molar-refractivity contribution in [1.82, 2.24) is 10.3 Å². The number of nitrogens with one attached hydrogen (secondary N) is 2. The van der Waals surface area contributed by atoms with Crippen LogP contribution in [0.2, 0.25) is 0 Å². The molecule has 0 aliphatic carbocycles. The smallest absolute Gasteiger partial charge is 0.323 e. The van der Waals surface area contributed by atoms with E-state index in [9.17, 15) is 14.9 Å². The Morgan fingerprint density at radius 2 is 2.04 bits per heavy atom. The van der Waals surface area contributed by atoms with Gasteiger partial charge in [-0.15, -0.1) is 0 Å². The van der Waals surface area contributed by atoms with Gasteiger partial charge in [-0.1, -0.05) is 30.3 Å². The van der Waals surface area contributed by atoms with Crippen LogP contribution in [-0.4, -0.2) is 29.0 Å². The lowest BCUT2D eigenvalue weighted by atomic mass is 9.90. The molecule has 7 nitrogen and oxygen atoms in total. The molecule has 1 aliphatic rings. The van der Waals surface area contributed by atoms with Crippen molar-refractivity contribution in [2.75, 3.05) is 7.11 Å². The molecular formula is C19H17N3O4. The van der Waals surface area contributed by atoms with Crippen molar-refractivity contribution in [2.45, 2.75) is 18.5 Å². The Hall–Kier alpha value is -3.19. The topological polar surface area (TPSA) is 97.3 Å². The first-order valence-corrected chi connectivity index (χ1v) is 8.26. The van der Waals surface area contributed by atoms with Crippen LogP contribution in [-0.2, 0) is 16.0 Å². The van der Waals surface area contributed by atoms with Crippen molar-refractivity contribution in [3.63, 3.8) is 0 Å². The monoisotopic (exact) mass is 351 g/mol. The van der Waals surface area contributed by atoms with Crippen molar-refractivity contribution in [3.8, 4) is 0 Å². The van der Waals surface area contributed by atoms with Crippen LogP contribution in [0.15, 0.2) is 48.5 Å². The van der Waals surface area contributed by atoms with Gasteiger partial charge < -0.3 is 9.72 Å². The van der Waals surface area contributed by atoms with E-state index in [4.69, 9.17) is 4.74 Å². The van der Waals surface area contributed by atoms with Crippen LogP contribution in [0, 0.1) is 10.1 Å². The maximum Gasteiger partial charge on any atom is 0.323 e. The molecule has 3 aromatic rings. The summed E-state index contributed by atoms with van der Waals surface area (Å²) >= 11 is 0. The van der Waals surface area contributed by atoms with Crippen LogP contribution in [0.3, 0.4) is 0 Å². The maximum absolute atomic E-state index is 12.2. The zero-order valence-corrected chi connectivity index (χ0v) is 14.1. The normalized spacial score (nSPS) is 19.1. The number of carbonyl (C=O) groups is 1. The van der Waals surface area contributed by atoms with Gasteiger partial charge in [0.15, 0.2) is 0 Å². The van der Waals surface area contributed by atoms with Gasteiger partial charge in [0, 0.05) is 35.2 Å². The SMILES string of the molecule is COC(=O)[C@@H]1Cc2c([nH]c3ccccc23)[C@H](c2cccc([N+](=O)[O-])c2)N1. The third-order valence-electron chi connectivity index (χ3n) is 4.81. The van der Waals surface area contributed by atoms with Crippen LogP contribution in [0.4, 0.5) is 5.69 Å². The molecule has 0 unspecified atom stereocenters. The van der Waals surface area contributed by atoms with Gasteiger partial charge in [-0.2, -0.15) is 0 Å². The number of aromatic amines is 1. The van der Waals surface area contributed by atoms with Gasteiger partial charge in [0.2, 0.25) is 0 Å². The van der Waals surface area contributed by atoms with E-state index in [-0.39, 0.29) is 17.7 Å². The first kappa shape index (κ1) is 16.3. The summed E-state index contributed by atoms with van der Waals surface area (Å²) in [5.41, 5.74) is 3.67. The minimum Gasteiger partial charge on any atom is -0.468 e. The van der Waals surface area contributed by atoms with Crippen molar-refractivity contribution in [2.24, 2.45) is 0 Å². The molecule has 4 rings (SSSR count). The number of hydrogen-bond donors (Lipinski definition) is 2. The van der Waals surface area contributed by atoms with Gasteiger partial charge in [-0.25, -0.2) is 0 Å². The molecule has 0 saturated heterocycles. The number of fused-ring (bicyclic) bond motifs is 3. The first-order valence-electron chi connectivity index (χ1n) is 8.26. The molecule has 2 aromatic carbocycles. The fourth-order valence-corrected chi connectivity index (χ4v) is 3.61. The summed E-state index contributed by atoms with van der Waals surface area (Å²) in [6.45, 7) is 0. The Morgan fingerprint density at radius 3 is 2.81 bits per heavy atom. The number of para-hydroxylation sites is 1.